The highest BCUT2D eigenvalue weighted by molar-refractivity contribution is 6.00. The van der Waals surface area contributed by atoms with Gasteiger partial charge in [0.1, 0.15) is 6.61 Å². The number of Topliss-reactive ketones (excluding diaryl/α,β-unsaturated/α-hetero) is 1. The van der Waals surface area contributed by atoms with Crippen LogP contribution in [0.5, 0.6) is 0 Å². The molecule has 4 aromatic carbocycles. The van der Waals surface area contributed by atoms with Gasteiger partial charge in [0.15, 0.2) is 5.78 Å². The molecule has 21 heteroatoms. The van der Waals surface area contributed by atoms with Crippen LogP contribution in [-0.4, -0.2) is 59.0 Å². The minimum Gasteiger partial charge on any atom is -0.463 e. The van der Waals surface area contributed by atoms with Gasteiger partial charge in [-0.1, -0.05) is 67.6 Å². The molecule has 344 valence electrons. The number of aryl methyl sites for hydroxylation is 2. The molecule has 0 aromatic heterocycles. The Bertz CT molecular complexity index is 2330. The lowest BCUT2D eigenvalue weighted by molar-refractivity contribution is -0.376. The van der Waals surface area contributed by atoms with Crippen molar-refractivity contribution in [3.8, 4) is 0 Å². The van der Waals surface area contributed by atoms with Gasteiger partial charge in [-0.2, -0.15) is 52.7 Å². The van der Waals surface area contributed by atoms with Gasteiger partial charge in [-0.25, -0.2) is 0 Å². The number of carbonyl (C=O) groups is 4. The molecule has 2 N–H and O–H groups in total. The summed E-state index contributed by atoms with van der Waals surface area (Å²) < 4.78 is 161. The number of ketones is 1. The van der Waals surface area contributed by atoms with E-state index in [-0.39, 0.29) is 61.3 Å². The van der Waals surface area contributed by atoms with E-state index in [2.05, 4.69) is 0 Å². The number of benzene rings is 4. The van der Waals surface area contributed by atoms with Crippen LogP contribution in [0.25, 0.3) is 0 Å². The number of hydrogen-bond donors (Lipinski definition) is 2. The van der Waals surface area contributed by atoms with E-state index in [1.54, 1.807) is 43.3 Å². The molecule has 0 spiro atoms. The molecule has 0 saturated carbocycles. The summed E-state index contributed by atoms with van der Waals surface area (Å²) in [5.41, 5.74) is -8.38. The summed E-state index contributed by atoms with van der Waals surface area (Å²) in [4.78, 5) is 49.9. The second-order valence-electron chi connectivity index (χ2n) is 14.8. The van der Waals surface area contributed by atoms with E-state index in [0.717, 1.165) is 35.4 Å². The summed E-state index contributed by atoms with van der Waals surface area (Å²) in [7, 11) is 0. The van der Waals surface area contributed by atoms with Gasteiger partial charge in [0.2, 0.25) is 11.8 Å². The van der Waals surface area contributed by atoms with Crippen LogP contribution in [-0.2, 0) is 62.9 Å². The Labute approximate surface area is 355 Å². The Morgan fingerprint density at radius 2 is 0.953 bits per heavy atom. The smallest absolute Gasteiger partial charge is 0.430 e. The third kappa shape index (κ3) is 9.74. The molecule has 2 heterocycles. The average Bonchev–Trinajstić information content (AvgIpc) is 3.23. The summed E-state index contributed by atoms with van der Waals surface area (Å²) in [6.07, 6.45) is -22.4. The second-order valence-corrected chi connectivity index (χ2v) is 14.8. The number of carbonyl (C=O) groups excluding carboxylic acids is 4. The number of fused-ring (bicyclic) bond motifs is 2. The number of hydrogen-bond acceptors (Lipinski definition) is 7. The summed E-state index contributed by atoms with van der Waals surface area (Å²) in [6, 6.07) is 16.1. The summed E-state index contributed by atoms with van der Waals surface area (Å²) in [6.45, 7) is 1.89. The molecule has 0 saturated heterocycles. The summed E-state index contributed by atoms with van der Waals surface area (Å²) >= 11 is 0. The van der Waals surface area contributed by atoms with Crippen LogP contribution in [0, 0.1) is 0 Å². The summed E-state index contributed by atoms with van der Waals surface area (Å²) in [5.74, 6) is -0.590. The SMILES string of the molecule is CCC(=O)c1ccc2c(c1)CCC(=O)N2Cc1ccc(C(O)(C(F)(F)F)C(F)(F)F)cc1.O=COCc1ccc2c(c1)CCC(=O)N2Cc1ccc(C(O)(C(F)(F)F)C(F)(F)F)cc1. The minimum atomic E-state index is -5.97. The maximum absolute atomic E-state index is 13.0. The van der Waals surface area contributed by atoms with Crippen LogP contribution in [0.2, 0.25) is 0 Å². The molecule has 0 unspecified atom stereocenters. The number of amides is 2. The first-order valence-electron chi connectivity index (χ1n) is 19.0. The van der Waals surface area contributed by atoms with Crippen molar-refractivity contribution >= 4 is 35.4 Å². The average molecular weight is 921 g/mol. The van der Waals surface area contributed by atoms with Crippen LogP contribution in [0.4, 0.5) is 64.1 Å². The third-order valence-corrected chi connectivity index (χ3v) is 10.7. The topological polar surface area (TPSA) is 124 Å². The monoisotopic (exact) mass is 920 g/mol. The second kappa shape index (κ2) is 18.3. The van der Waals surface area contributed by atoms with Gasteiger partial charge in [0.05, 0.1) is 13.1 Å². The van der Waals surface area contributed by atoms with Crippen molar-refractivity contribution in [2.24, 2.45) is 0 Å². The van der Waals surface area contributed by atoms with E-state index in [9.17, 15) is 82.1 Å². The predicted molar refractivity (Wildman–Crippen MR) is 202 cm³/mol. The highest BCUT2D eigenvalue weighted by Gasteiger charge is 2.72. The van der Waals surface area contributed by atoms with Crippen molar-refractivity contribution in [2.45, 2.75) is 94.6 Å². The lowest BCUT2D eigenvalue weighted by Gasteiger charge is -2.33. The van der Waals surface area contributed by atoms with E-state index >= 15 is 0 Å². The maximum Gasteiger partial charge on any atom is 0.430 e. The first kappa shape index (κ1) is 49.1. The number of aliphatic hydroxyl groups is 2. The number of alkyl halides is 12. The largest absolute Gasteiger partial charge is 0.463 e. The molecule has 0 radical (unpaired) electrons. The van der Waals surface area contributed by atoms with E-state index in [1.807, 2.05) is 0 Å². The molecule has 2 aliphatic heterocycles. The molecule has 4 aromatic rings. The lowest BCUT2D eigenvalue weighted by Crippen LogP contribution is -2.53. The highest BCUT2D eigenvalue weighted by atomic mass is 19.4. The number of halogens is 12. The quantitative estimate of drug-likeness (QED) is 0.0874. The van der Waals surface area contributed by atoms with Crippen LogP contribution >= 0.6 is 0 Å². The molecule has 9 nitrogen and oxygen atoms in total. The predicted octanol–water partition coefficient (Wildman–Crippen LogP) is 9.22. The number of anilines is 2. The summed E-state index contributed by atoms with van der Waals surface area (Å²) in [5, 5.41) is 19.0. The molecular formula is C43H36F12N2O7. The highest BCUT2D eigenvalue weighted by Crippen LogP contribution is 2.51. The Kier molecular flexibility index (Phi) is 14.0. The van der Waals surface area contributed by atoms with Crippen molar-refractivity contribution in [1.29, 1.82) is 0 Å². The van der Waals surface area contributed by atoms with Gasteiger partial charge in [0.25, 0.3) is 17.7 Å². The fraction of sp³-hybridized carbons (Fsp3) is 0.349. The molecule has 0 bridgehead atoms. The molecule has 0 aliphatic carbocycles. The molecule has 2 aliphatic rings. The van der Waals surface area contributed by atoms with E-state index in [4.69, 9.17) is 4.74 Å². The van der Waals surface area contributed by atoms with Crippen molar-refractivity contribution in [3.05, 3.63) is 129 Å². The van der Waals surface area contributed by atoms with Gasteiger partial charge in [-0.15, -0.1) is 0 Å². The Balaban J connectivity index is 0.000000241. The first-order chi connectivity index (χ1) is 29.7. The standard InChI is InChI=1S/C22H19F6NO3.C21H17F6NO4/c1-2-18(30)15-5-9-17-14(11-15)6-10-19(31)29(17)12-13-3-7-16(8-4-13)20(32,21(23,24)25)22(26,27)28;22-20(23,24)19(31,21(25,26)27)16-5-1-13(2-6-16)10-28-17-7-3-14(11-32-12-29)9-15(17)4-8-18(28)30/h3-5,7-9,11,32H,2,6,10,12H2,1H3;1-3,5-7,9,12,31H,4,8,10-11H2. The van der Waals surface area contributed by atoms with Gasteiger partial charge in [-0.3, -0.25) is 19.2 Å². The first-order valence-corrected chi connectivity index (χ1v) is 19.0. The van der Waals surface area contributed by atoms with Crippen molar-refractivity contribution in [2.75, 3.05) is 9.80 Å². The van der Waals surface area contributed by atoms with Gasteiger partial charge >= 0.3 is 24.7 Å². The Hall–Kier alpha value is -5.96. The number of nitrogens with zero attached hydrogens (tertiary/aromatic N) is 2. The van der Waals surface area contributed by atoms with Gasteiger partial charge in [-0.05, 0) is 64.9 Å². The van der Waals surface area contributed by atoms with Crippen molar-refractivity contribution in [1.82, 2.24) is 0 Å². The van der Waals surface area contributed by atoms with Crippen LogP contribution in [0.1, 0.15) is 75.5 Å². The van der Waals surface area contributed by atoms with E-state index in [1.165, 1.54) is 9.80 Å². The van der Waals surface area contributed by atoms with Crippen LogP contribution in [0.15, 0.2) is 84.9 Å². The van der Waals surface area contributed by atoms with Crippen molar-refractivity contribution in [3.63, 3.8) is 0 Å². The normalized spacial score (nSPS) is 14.9. The third-order valence-electron chi connectivity index (χ3n) is 10.7. The fourth-order valence-corrected chi connectivity index (χ4v) is 7.16. The van der Waals surface area contributed by atoms with E-state index < -0.39 is 47.0 Å². The van der Waals surface area contributed by atoms with E-state index in [0.29, 0.717) is 72.5 Å². The molecular weight excluding hydrogens is 884 g/mol. The van der Waals surface area contributed by atoms with Gasteiger partial charge < -0.3 is 24.7 Å². The molecule has 0 atom stereocenters. The minimum absolute atomic E-state index is 0.0491. The van der Waals surface area contributed by atoms with Crippen LogP contribution < -0.4 is 9.80 Å². The van der Waals surface area contributed by atoms with Crippen molar-refractivity contribution < 1.29 is 86.8 Å². The maximum atomic E-state index is 13.0. The molecule has 0 fully saturated rings. The zero-order valence-corrected chi connectivity index (χ0v) is 33.2. The molecule has 64 heavy (non-hydrogen) atoms. The Morgan fingerprint density at radius 1 is 0.578 bits per heavy atom. The lowest BCUT2D eigenvalue weighted by atomic mass is 9.91. The number of rotatable bonds is 11. The fourth-order valence-electron chi connectivity index (χ4n) is 7.16. The zero-order valence-electron chi connectivity index (χ0n) is 33.2. The van der Waals surface area contributed by atoms with Gasteiger partial charge in [0, 0.05) is 47.3 Å². The molecule has 2 amide bonds. The number of ether oxygens (including phenoxy) is 1. The van der Waals surface area contributed by atoms with Crippen LogP contribution in [0.3, 0.4) is 0 Å². The molecule has 6 rings (SSSR count). The Morgan fingerprint density at radius 3 is 1.33 bits per heavy atom. The zero-order chi connectivity index (χ0) is 47.6.